The van der Waals surface area contributed by atoms with Crippen LogP contribution in [0.15, 0.2) is 0 Å². The number of aromatic nitrogens is 2. The topological polar surface area (TPSA) is 25.8 Å². The van der Waals surface area contributed by atoms with Crippen molar-refractivity contribution >= 4 is 0 Å². The molecule has 1 aromatic heterocycles. The summed E-state index contributed by atoms with van der Waals surface area (Å²) in [6.45, 7) is 3.67. The minimum atomic E-state index is 0. The first-order valence-corrected chi connectivity index (χ1v) is 2.39. The van der Waals surface area contributed by atoms with Crippen LogP contribution in [-0.2, 0) is 51.3 Å². The molecule has 0 aliphatic rings. The normalized spacial score (nSPS) is 7.40. The van der Waals surface area contributed by atoms with Gasteiger partial charge >= 0.3 is 0 Å². The standard InChI is InChI=1S/C6H6N2.V.Y/c1-5-3-7-6(2)8-4-5;;/h1-2H3;;/q-2;;. The Morgan fingerprint density at radius 2 is 1.50 bits per heavy atom. The zero-order chi connectivity index (χ0) is 5.98. The van der Waals surface area contributed by atoms with Crippen molar-refractivity contribution in [2.24, 2.45) is 0 Å². The van der Waals surface area contributed by atoms with E-state index in [4.69, 9.17) is 0 Å². The second-order valence-electron chi connectivity index (χ2n) is 1.62. The Morgan fingerprint density at radius 3 is 1.80 bits per heavy atom. The van der Waals surface area contributed by atoms with Crippen LogP contribution in [-0.4, -0.2) is 9.97 Å². The van der Waals surface area contributed by atoms with Gasteiger partial charge in [-0.15, -0.1) is 5.82 Å². The van der Waals surface area contributed by atoms with Crippen LogP contribution in [0.5, 0.6) is 0 Å². The van der Waals surface area contributed by atoms with Gasteiger partial charge in [0.1, 0.15) is 0 Å². The predicted molar refractivity (Wildman–Crippen MR) is 29.2 cm³/mol. The van der Waals surface area contributed by atoms with E-state index >= 15 is 0 Å². The fraction of sp³-hybridized carbons (Fsp3) is 0.333. The number of hydrogen-bond donors (Lipinski definition) is 0. The minimum absolute atomic E-state index is 0. The molecule has 0 spiro atoms. The Kier molecular flexibility index (Phi) is 8.66. The van der Waals surface area contributed by atoms with Gasteiger partial charge < -0.3 is 9.97 Å². The SMILES string of the molecule is Cc1[c-]nc(C)n[c-]1.[V].[Y]. The molecular weight excluding hydrogens is 240 g/mol. The summed E-state index contributed by atoms with van der Waals surface area (Å²) in [5, 5.41) is 0. The number of hydrogen-bond acceptors (Lipinski definition) is 2. The van der Waals surface area contributed by atoms with E-state index < -0.39 is 0 Å². The summed E-state index contributed by atoms with van der Waals surface area (Å²) in [4.78, 5) is 7.62. The maximum atomic E-state index is 3.81. The van der Waals surface area contributed by atoms with Gasteiger partial charge in [0.05, 0.1) is 0 Å². The molecule has 10 heavy (non-hydrogen) atoms. The van der Waals surface area contributed by atoms with Crippen LogP contribution in [0.4, 0.5) is 0 Å². The van der Waals surface area contributed by atoms with Gasteiger partial charge in [0, 0.05) is 51.3 Å². The Bertz CT molecular complexity index is 155. The monoisotopic (exact) mass is 246 g/mol. The molecule has 0 aliphatic carbocycles. The van der Waals surface area contributed by atoms with Crippen LogP contribution in [0.2, 0.25) is 0 Å². The van der Waals surface area contributed by atoms with Crippen LogP contribution in [0, 0.1) is 26.2 Å². The van der Waals surface area contributed by atoms with Crippen LogP contribution < -0.4 is 0 Å². The molecule has 1 rings (SSSR count). The summed E-state index contributed by atoms with van der Waals surface area (Å²) < 4.78 is 0. The predicted octanol–water partition coefficient (Wildman–Crippen LogP) is 0.689. The molecule has 0 aliphatic heterocycles. The van der Waals surface area contributed by atoms with E-state index in [2.05, 4.69) is 22.4 Å². The molecular formula is C6H6N2VY-2. The summed E-state index contributed by atoms with van der Waals surface area (Å²) >= 11 is 0. The molecule has 0 saturated carbocycles. The average molecular weight is 246 g/mol. The third-order valence-electron chi connectivity index (χ3n) is 0.771. The Balaban J connectivity index is 0. The molecule has 1 heterocycles. The fourth-order valence-corrected chi connectivity index (χ4v) is 0.380. The summed E-state index contributed by atoms with van der Waals surface area (Å²) in [6.07, 6.45) is 5.46. The molecule has 1 aromatic rings. The second kappa shape index (κ2) is 6.48. The number of aryl methyl sites for hydroxylation is 2. The van der Waals surface area contributed by atoms with E-state index in [9.17, 15) is 0 Å². The molecule has 0 aromatic carbocycles. The first-order chi connectivity index (χ1) is 3.79. The zero-order valence-electron chi connectivity index (χ0n) is 5.92. The van der Waals surface area contributed by atoms with Crippen molar-refractivity contribution in [1.29, 1.82) is 0 Å². The third-order valence-corrected chi connectivity index (χ3v) is 0.771. The van der Waals surface area contributed by atoms with Gasteiger partial charge in [-0.3, -0.25) is 18.0 Å². The van der Waals surface area contributed by atoms with Gasteiger partial charge in [0.2, 0.25) is 0 Å². The molecule has 0 amide bonds. The first-order valence-electron chi connectivity index (χ1n) is 2.39. The van der Waals surface area contributed by atoms with E-state index in [-0.39, 0.29) is 51.3 Å². The van der Waals surface area contributed by atoms with Crippen molar-refractivity contribution in [2.45, 2.75) is 13.8 Å². The van der Waals surface area contributed by atoms with Gasteiger partial charge in [-0.1, -0.05) is 13.8 Å². The Hall–Kier alpha value is 0.768. The molecule has 4 heteroatoms. The molecule has 0 unspecified atom stereocenters. The molecule has 0 saturated heterocycles. The van der Waals surface area contributed by atoms with Gasteiger partial charge in [-0.25, -0.2) is 0 Å². The molecule has 2 nitrogen and oxygen atoms in total. The van der Waals surface area contributed by atoms with Crippen LogP contribution in [0.25, 0.3) is 0 Å². The van der Waals surface area contributed by atoms with E-state index in [0.717, 1.165) is 11.4 Å². The van der Waals surface area contributed by atoms with Gasteiger partial charge in [0.15, 0.2) is 0 Å². The molecule has 0 bridgehead atoms. The van der Waals surface area contributed by atoms with Crippen molar-refractivity contribution in [1.82, 2.24) is 9.97 Å². The van der Waals surface area contributed by atoms with Gasteiger partial charge in [-0.2, -0.15) is 0 Å². The zero-order valence-corrected chi connectivity index (χ0v) is 10.2. The van der Waals surface area contributed by atoms with Crippen molar-refractivity contribution < 1.29 is 51.3 Å². The smallest absolute Gasteiger partial charge is 0 e. The van der Waals surface area contributed by atoms with Gasteiger partial charge in [0.25, 0.3) is 0 Å². The molecule has 50 valence electrons. The number of nitrogens with zero attached hydrogens (tertiary/aromatic N) is 2. The van der Waals surface area contributed by atoms with E-state index in [0.29, 0.717) is 0 Å². The maximum Gasteiger partial charge on any atom is 0 e. The summed E-state index contributed by atoms with van der Waals surface area (Å²) in [5.41, 5.74) is 0.857. The molecule has 2 radical (unpaired) electrons. The van der Waals surface area contributed by atoms with E-state index in [1.807, 2.05) is 13.8 Å². The molecule has 0 atom stereocenters. The summed E-state index contributed by atoms with van der Waals surface area (Å²) in [5.74, 6) is 0.718. The van der Waals surface area contributed by atoms with Crippen molar-refractivity contribution in [2.75, 3.05) is 0 Å². The van der Waals surface area contributed by atoms with Crippen LogP contribution in [0.1, 0.15) is 11.4 Å². The Labute approximate surface area is 98.0 Å². The van der Waals surface area contributed by atoms with Crippen molar-refractivity contribution in [3.63, 3.8) is 0 Å². The van der Waals surface area contributed by atoms with Gasteiger partial charge in [-0.05, 0) is 0 Å². The van der Waals surface area contributed by atoms with Crippen LogP contribution >= 0.6 is 0 Å². The summed E-state index contributed by atoms with van der Waals surface area (Å²) in [6, 6.07) is 0. The fourth-order valence-electron chi connectivity index (χ4n) is 0.380. The van der Waals surface area contributed by atoms with E-state index in [1.54, 1.807) is 0 Å². The number of rotatable bonds is 0. The minimum Gasteiger partial charge on any atom is -0.509 e. The van der Waals surface area contributed by atoms with Crippen molar-refractivity contribution in [3.8, 4) is 0 Å². The molecule has 0 N–H and O–H groups in total. The second-order valence-corrected chi connectivity index (χ2v) is 1.62. The van der Waals surface area contributed by atoms with Crippen molar-refractivity contribution in [3.05, 3.63) is 23.8 Å². The summed E-state index contributed by atoms with van der Waals surface area (Å²) in [7, 11) is 0. The molecule has 0 fully saturated rings. The largest absolute Gasteiger partial charge is 0.509 e. The maximum absolute atomic E-state index is 3.81. The van der Waals surface area contributed by atoms with E-state index in [1.165, 1.54) is 0 Å². The average Bonchev–Trinajstić information content (AvgIpc) is 1.77. The first kappa shape index (κ1) is 13.4. The quantitative estimate of drug-likeness (QED) is 0.629. The van der Waals surface area contributed by atoms with Crippen LogP contribution in [0.3, 0.4) is 0 Å². The Morgan fingerprint density at radius 1 is 1.10 bits per heavy atom. The third kappa shape index (κ3) is 4.56.